The van der Waals surface area contributed by atoms with E-state index in [1.54, 1.807) is 0 Å². The van der Waals surface area contributed by atoms with E-state index < -0.39 is 0 Å². The van der Waals surface area contributed by atoms with Gasteiger partial charge in [-0.25, -0.2) is 0 Å². The molecule has 1 N–H and O–H groups in total. The normalized spacial score (nSPS) is 21.9. The van der Waals surface area contributed by atoms with Crippen LogP contribution in [0.4, 0.5) is 0 Å². The summed E-state index contributed by atoms with van der Waals surface area (Å²) in [5.41, 5.74) is 5.65. The molecule has 1 aromatic rings. The number of benzene rings is 1. The van der Waals surface area contributed by atoms with E-state index in [1.807, 2.05) is 0 Å². The van der Waals surface area contributed by atoms with Crippen molar-refractivity contribution < 1.29 is 0 Å². The molecular formula is C18H30N2. The first-order valence-electron chi connectivity index (χ1n) is 8.00. The molecule has 1 aromatic carbocycles. The number of nitrogens with zero attached hydrogens (tertiary/aromatic N) is 1. The number of likely N-dealkylation sites (N-methyl/N-ethyl adjacent to an activating group) is 1. The second-order valence-corrected chi connectivity index (χ2v) is 6.55. The number of nitrogens with one attached hydrogen (secondary N) is 1. The Morgan fingerprint density at radius 1 is 1.15 bits per heavy atom. The van der Waals surface area contributed by atoms with Crippen LogP contribution >= 0.6 is 0 Å². The van der Waals surface area contributed by atoms with Crippen LogP contribution in [0.25, 0.3) is 0 Å². The Hall–Kier alpha value is -0.860. The van der Waals surface area contributed by atoms with Crippen molar-refractivity contribution in [2.24, 2.45) is 0 Å². The van der Waals surface area contributed by atoms with E-state index in [0.717, 1.165) is 6.54 Å². The van der Waals surface area contributed by atoms with Gasteiger partial charge in [-0.3, -0.25) is 0 Å². The van der Waals surface area contributed by atoms with Gasteiger partial charge in [0.25, 0.3) is 0 Å². The van der Waals surface area contributed by atoms with Crippen LogP contribution < -0.4 is 5.32 Å². The van der Waals surface area contributed by atoms with Gasteiger partial charge in [-0.05, 0) is 76.4 Å². The molecule has 1 aliphatic rings. The molecule has 0 spiro atoms. The van der Waals surface area contributed by atoms with Gasteiger partial charge in [0, 0.05) is 18.6 Å². The molecule has 1 aliphatic heterocycles. The first-order chi connectivity index (χ1) is 9.49. The predicted molar refractivity (Wildman–Crippen MR) is 87.3 cm³/mol. The van der Waals surface area contributed by atoms with E-state index in [-0.39, 0.29) is 0 Å². The summed E-state index contributed by atoms with van der Waals surface area (Å²) in [6, 6.07) is 5.81. The molecule has 0 aliphatic carbocycles. The molecule has 0 amide bonds. The molecule has 0 radical (unpaired) electrons. The van der Waals surface area contributed by atoms with E-state index in [9.17, 15) is 0 Å². The summed E-state index contributed by atoms with van der Waals surface area (Å²) in [4.78, 5) is 2.51. The lowest BCUT2D eigenvalue weighted by atomic mass is 9.96. The first-order valence-corrected chi connectivity index (χ1v) is 8.00. The molecule has 1 fully saturated rings. The van der Waals surface area contributed by atoms with Crippen LogP contribution in [-0.4, -0.2) is 31.1 Å². The number of aryl methyl sites for hydroxylation is 3. The van der Waals surface area contributed by atoms with Crippen LogP contribution in [0.1, 0.15) is 54.5 Å². The number of hydrogen-bond acceptors (Lipinski definition) is 2. The summed E-state index contributed by atoms with van der Waals surface area (Å²) in [5, 5.41) is 3.74. The smallest absolute Gasteiger partial charge is 0.0295 e. The Balaban J connectivity index is 1.97. The lowest BCUT2D eigenvalue weighted by molar-refractivity contribution is 0.178. The van der Waals surface area contributed by atoms with Gasteiger partial charge >= 0.3 is 0 Å². The highest BCUT2D eigenvalue weighted by atomic mass is 15.2. The lowest BCUT2D eigenvalue weighted by Gasteiger charge is -2.33. The van der Waals surface area contributed by atoms with Gasteiger partial charge in [0.2, 0.25) is 0 Å². The van der Waals surface area contributed by atoms with E-state index in [2.05, 4.69) is 57.1 Å². The van der Waals surface area contributed by atoms with Crippen molar-refractivity contribution in [1.82, 2.24) is 10.2 Å². The van der Waals surface area contributed by atoms with Crippen molar-refractivity contribution in [2.75, 3.05) is 20.1 Å². The fraction of sp³-hybridized carbons (Fsp3) is 0.667. The lowest BCUT2D eigenvalue weighted by Crippen LogP contribution is -2.43. The fourth-order valence-corrected chi connectivity index (χ4v) is 3.27. The van der Waals surface area contributed by atoms with Crippen LogP contribution in [-0.2, 0) is 0 Å². The Kier molecular flexibility index (Phi) is 5.22. The van der Waals surface area contributed by atoms with Crippen LogP contribution in [0.15, 0.2) is 12.1 Å². The highest BCUT2D eigenvalue weighted by Crippen LogP contribution is 2.22. The fourth-order valence-electron chi connectivity index (χ4n) is 3.27. The highest BCUT2D eigenvalue weighted by Gasteiger charge is 2.19. The average molecular weight is 274 g/mol. The molecule has 1 heterocycles. The maximum Gasteiger partial charge on any atom is 0.0295 e. The Labute approximate surface area is 124 Å². The minimum atomic E-state index is 0.435. The quantitative estimate of drug-likeness (QED) is 0.899. The van der Waals surface area contributed by atoms with Gasteiger partial charge in [0.1, 0.15) is 0 Å². The van der Waals surface area contributed by atoms with Crippen molar-refractivity contribution in [2.45, 2.75) is 59.0 Å². The third-order valence-corrected chi connectivity index (χ3v) is 4.93. The predicted octanol–water partition coefficient (Wildman–Crippen LogP) is 3.75. The van der Waals surface area contributed by atoms with Crippen molar-refractivity contribution in [3.05, 3.63) is 34.4 Å². The topological polar surface area (TPSA) is 15.3 Å². The van der Waals surface area contributed by atoms with Crippen LogP contribution in [0.5, 0.6) is 0 Å². The SMILES string of the molecule is Cc1cc(C)c(C(C)NCC2CCCCN2C)cc1C. The zero-order valence-corrected chi connectivity index (χ0v) is 13.8. The van der Waals surface area contributed by atoms with Crippen molar-refractivity contribution in [1.29, 1.82) is 0 Å². The summed E-state index contributed by atoms with van der Waals surface area (Å²) in [5.74, 6) is 0. The van der Waals surface area contributed by atoms with Crippen LogP contribution in [0.2, 0.25) is 0 Å². The minimum absolute atomic E-state index is 0.435. The second kappa shape index (κ2) is 6.73. The zero-order valence-electron chi connectivity index (χ0n) is 13.8. The molecule has 112 valence electrons. The molecule has 0 saturated carbocycles. The Morgan fingerprint density at radius 3 is 2.55 bits per heavy atom. The third-order valence-electron chi connectivity index (χ3n) is 4.93. The van der Waals surface area contributed by atoms with E-state index >= 15 is 0 Å². The van der Waals surface area contributed by atoms with Gasteiger partial charge in [0.05, 0.1) is 0 Å². The molecule has 0 aromatic heterocycles. The van der Waals surface area contributed by atoms with Gasteiger partial charge in [-0.1, -0.05) is 18.6 Å². The molecule has 0 bridgehead atoms. The largest absolute Gasteiger partial charge is 0.309 e. The van der Waals surface area contributed by atoms with Gasteiger partial charge in [-0.2, -0.15) is 0 Å². The standard InChI is InChI=1S/C18H30N2/c1-13-10-15(3)18(11-14(13)2)16(4)19-12-17-8-6-7-9-20(17)5/h10-11,16-17,19H,6-9,12H2,1-5H3. The maximum absolute atomic E-state index is 3.74. The van der Waals surface area contributed by atoms with Gasteiger partial charge < -0.3 is 10.2 Å². The van der Waals surface area contributed by atoms with E-state index in [4.69, 9.17) is 0 Å². The molecule has 2 unspecified atom stereocenters. The van der Waals surface area contributed by atoms with Gasteiger partial charge in [0.15, 0.2) is 0 Å². The van der Waals surface area contributed by atoms with Crippen molar-refractivity contribution in [3.8, 4) is 0 Å². The number of piperidine rings is 1. The average Bonchev–Trinajstić information content (AvgIpc) is 2.41. The summed E-state index contributed by atoms with van der Waals surface area (Å²) in [6.07, 6.45) is 4.08. The summed E-state index contributed by atoms with van der Waals surface area (Å²) in [7, 11) is 2.26. The Bertz CT molecular complexity index is 453. The second-order valence-electron chi connectivity index (χ2n) is 6.55. The maximum atomic E-state index is 3.74. The van der Waals surface area contributed by atoms with E-state index in [0.29, 0.717) is 12.1 Å². The van der Waals surface area contributed by atoms with Crippen molar-refractivity contribution in [3.63, 3.8) is 0 Å². The third kappa shape index (κ3) is 3.62. The van der Waals surface area contributed by atoms with Crippen LogP contribution in [0.3, 0.4) is 0 Å². The summed E-state index contributed by atoms with van der Waals surface area (Å²) < 4.78 is 0. The molecule has 2 atom stereocenters. The summed E-state index contributed by atoms with van der Waals surface area (Å²) in [6.45, 7) is 11.3. The molecule has 2 nitrogen and oxygen atoms in total. The van der Waals surface area contributed by atoms with Crippen LogP contribution in [0, 0.1) is 20.8 Å². The monoisotopic (exact) mass is 274 g/mol. The minimum Gasteiger partial charge on any atom is -0.309 e. The van der Waals surface area contributed by atoms with Crippen molar-refractivity contribution >= 4 is 0 Å². The number of likely N-dealkylation sites (tertiary alicyclic amines) is 1. The van der Waals surface area contributed by atoms with Gasteiger partial charge in [-0.15, -0.1) is 0 Å². The first kappa shape index (κ1) is 15.5. The summed E-state index contributed by atoms with van der Waals surface area (Å²) >= 11 is 0. The zero-order chi connectivity index (χ0) is 14.7. The molecule has 2 heteroatoms. The molecular weight excluding hydrogens is 244 g/mol. The van der Waals surface area contributed by atoms with E-state index in [1.165, 1.54) is 48.1 Å². The molecule has 1 saturated heterocycles. The number of rotatable bonds is 4. The highest BCUT2D eigenvalue weighted by molar-refractivity contribution is 5.38. The number of hydrogen-bond donors (Lipinski definition) is 1. The Morgan fingerprint density at radius 2 is 1.85 bits per heavy atom. The molecule has 20 heavy (non-hydrogen) atoms. The molecule has 2 rings (SSSR count).